The highest BCUT2D eigenvalue weighted by Gasteiger charge is 2.26. The Morgan fingerprint density at radius 3 is 2.10 bits per heavy atom. The number of carbonyl (C=O) groups excluding carboxylic acids is 1. The molecule has 1 aliphatic carbocycles. The van der Waals surface area contributed by atoms with Gasteiger partial charge in [-0.15, -0.1) is 0 Å². The molecule has 0 unspecified atom stereocenters. The summed E-state index contributed by atoms with van der Waals surface area (Å²) >= 11 is 0. The van der Waals surface area contributed by atoms with E-state index in [0.717, 1.165) is 57.8 Å². The fourth-order valence-electron chi connectivity index (χ4n) is 5.21. The second-order valence-corrected chi connectivity index (χ2v) is 10.7. The number of rotatable bonds is 11. The summed E-state index contributed by atoms with van der Waals surface area (Å²) < 4.78 is 69.6. The van der Waals surface area contributed by atoms with Crippen LogP contribution < -0.4 is 9.47 Å². The molecule has 3 nitrogen and oxygen atoms in total. The number of esters is 1. The van der Waals surface area contributed by atoms with Crippen molar-refractivity contribution in [3.8, 4) is 22.6 Å². The van der Waals surface area contributed by atoms with E-state index >= 15 is 0 Å². The topological polar surface area (TPSA) is 35.5 Å². The summed E-state index contributed by atoms with van der Waals surface area (Å²) in [6, 6.07) is 11.2. The van der Waals surface area contributed by atoms with Crippen molar-refractivity contribution in [1.82, 2.24) is 0 Å². The van der Waals surface area contributed by atoms with Gasteiger partial charge in [-0.3, -0.25) is 0 Å². The molecular weight excluding hydrogens is 520 g/mol. The van der Waals surface area contributed by atoms with E-state index in [4.69, 9.17) is 9.47 Å². The molecule has 1 saturated carbocycles. The standard InChI is InChI=1S/C33H36F4O3/c1-3-4-5-6-7-20-39-27-18-16-25(29(34)31(27)36)23-12-14-24(15-13-23)33(38)40-28-19-17-26(30(35)32(28)37)22-10-8-21(2)9-11-22/h12-19,21-22H,3-11,20H2,1-2H3. The maximum absolute atomic E-state index is 14.8. The van der Waals surface area contributed by atoms with Crippen LogP contribution in [0, 0.1) is 29.2 Å². The van der Waals surface area contributed by atoms with Gasteiger partial charge in [-0.25, -0.2) is 13.6 Å². The van der Waals surface area contributed by atoms with Gasteiger partial charge in [-0.1, -0.05) is 70.6 Å². The summed E-state index contributed by atoms with van der Waals surface area (Å²) in [6.07, 6.45) is 8.59. The van der Waals surface area contributed by atoms with Crippen LogP contribution in [0.1, 0.15) is 93.5 Å². The van der Waals surface area contributed by atoms with Crippen molar-refractivity contribution < 1.29 is 31.8 Å². The van der Waals surface area contributed by atoms with Gasteiger partial charge < -0.3 is 9.47 Å². The molecule has 3 aromatic carbocycles. The second-order valence-electron chi connectivity index (χ2n) is 10.7. The van der Waals surface area contributed by atoms with Gasteiger partial charge >= 0.3 is 5.97 Å². The highest BCUT2D eigenvalue weighted by Crippen LogP contribution is 2.38. The van der Waals surface area contributed by atoms with Crippen LogP contribution in [0.4, 0.5) is 17.6 Å². The first-order chi connectivity index (χ1) is 19.3. The van der Waals surface area contributed by atoms with Crippen molar-refractivity contribution in [2.75, 3.05) is 6.61 Å². The van der Waals surface area contributed by atoms with Crippen LogP contribution in [0.5, 0.6) is 11.5 Å². The monoisotopic (exact) mass is 556 g/mol. The summed E-state index contributed by atoms with van der Waals surface area (Å²) in [6.45, 7) is 4.58. The third-order valence-electron chi connectivity index (χ3n) is 7.72. The second kappa shape index (κ2) is 13.8. The number of ether oxygens (including phenoxy) is 2. The Balaban J connectivity index is 1.40. The number of carbonyl (C=O) groups is 1. The molecule has 40 heavy (non-hydrogen) atoms. The summed E-state index contributed by atoms with van der Waals surface area (Å²) in [4.78, 5) is 12.6. The molecule has 0 heterocycles. The SMILES string of the molecule is CCCCCCCOc1ccc(-c2ccc(C(=O)Oc3ccc(C4CCC(C)CC4)c(F)c3F)cc2)c(F)c1F. The van der Waals surface area contributed by atoms with Gasteiger partial charge in [0, 0.05) is 5.56 Å². The van der Waals surface area contributed by atoms with E-state index in [1.54, 1.807) is 0 Å². The van der Waals surface area contributed by atoms with E-state index in [2.05, 4.69) is 13.8 Å². The van der Waals surface area contributed by atoms with Crippen LogP contribution in [0.15, 0.2) is 48.5 Å². The van der Waals surface area contributed by atoms with Crippen LogP contribution >= 0.6 is 0 Å². The zero-order chi connectivity index (χ0) is 28.6. The Labute approximate surface area is 233 Å². The molecule has 4 rings (SSSR count). The summed E-state index contributed by atoms with van der Waals surface area (Å²) in [5, 5.41) is 0. The van der Waals surface area contributed by atoms with Crippen LogP contribution in [0.3, 0.4) is 0 Å². The molecule has 0 aliphatic heterocycles. The maximum atomic E-state index is 14.8. The minimum absolute atomic E-state index is 0.00789. The fraction of sp³-hybridized carbons (Fsp3) is 0.424. The largest absolute Gasteiger partial charge is 0.490 e. The van der Waals surface area contributed by atoms with E-state index < -0.39 is 35.0 Å². The molecule has 0 atom stereocenters. The molecule has 3 aromatic rings. The average molecular weight is 557 g/mol. The third-order valence-corrected chi connectivity index (χ3v) is 7.72. The first-order valence-corrected chi connectivity index (χ1v) is 14.2. The summed E-state index contributed by atoms with van der Waals surface area (Å²) in [5.74, 6) is -5.30. The highest BCUT2D eigenvalue weighted by molar-refractivity contribution is 5.91. The molecule has 0 radical (unpaired) electrons. The quantitative estimate of drug-likeness (QED) is 0.102. The van der Waals surface area contributed by atoms with Gasteiger partial charge in [0.1, 0.15) is 0 Å². The predicted molar refractivity (Wildman–Crippen MR) is 148 cm³/mol. The highest BCUT2D eigenvalue weighted by atomic mass is 19.2. The molecule has 0 bridgehead atoms. The van der Waals surface area contributed by atoms with Crippen LogP contribution in [0.2, 0.25) is 0 Å². The van der Waals surface area contributed by atoms with E-state index in [1.165, 1.54) is 48.5 Å². The smallest absolute Gasteiger partial charge is 0.343 e. The summed E-state index contributed by atoms with van der Waals surface area (Å²) in [7, 11) is 0. The van der Waals surface area contributed by atoms with Crippen molar-refractivity contribution in [2.45, 2.75) is 77.6 Å². The van der Waals surface area contributed by atoms with E-state index in [-0.39, 0.29) is 22.8 Å². The van der Waals surface area contributed by atoms with Gasteiger partial charge in [-0.05, 0) is 72.6 Å². The zero-order valence-electron chi connectivity index (χ0n) is 23.1. The Morgan fingerprint density at radius 1 is 0.750 bits per heavy atom. The van der Waals surface area contributed by atoms with Crippen molar-refractivity contribution in [1.29, 1.82) is 0 Å². The van der Waals surface area contributed by atoms with Crippen LogP contribution in [-0.2, 0) is 0 Å². The average Bonchev–Trinajstić information content (AvgIpc) is 2.96. The van der Waals surface area contributed by atoms with Crippen molar-refractivity contribution in [3.63, 3.8) is 0 Å². The van der Waals surface area contributed by atoms with Crippen LogP contribution in [-0.4, -0.2) is 12.6 Å². The molecular formula is C33H36F4O3. The lowest BCUT2D eigenvalue weighted by atomic mass is 9.79. The number of benzene rings is 3. The van der Waals surface area contributed by atoms with E-state index in [1.807, 2.05) is 0 Å². The Morgan fingerprint density at radius 2 is 1.40 bits per heavy atom. The van der Waals surface area contributed by atoms with Crippen LogP contribution in [0.25, 0.3) is 11.1 Å². The lowest BCUT2D eigenvalue weighted by molar-refractivity contribution is 0.0726. The molecule has 0 N–H and O–H groups in total. The molecule has 1 fully saturated rings. The van der Waals surface area contributed by atoms with E-state index in [9.17, 15) is 22.4 Å². The molecule has 7 heteroatoms. The number of unbranched alkanes of at least 4 members (excludes halogenated alkanes) is 4. The summed E-state index contributed by atoms with van der Waals surface area (Å²) in [5.41, 5.74) is 0.708. The molecule has 0 amide bonds. The van der Waals surface area contributed by atoms with Gasteiger partial charge in [0.2, 0.25) is 11.6 Å². The van der Waals surface area contributed by atoms with Crippen molar-refractivity contribution >= 4 is 5.97 Å². The number of hydrogen-bond donors (Lipinski definition) is 0. The minimum atomic E-state index is -1.19. The normalized spacial score (nSPS) is 17.1. The molecule has 0 spiro atoms. The Bertz CT molecular complexity index is 1300. The first kappa shape index (κ1) is 29.6. The minimum Gasteiger partial charge on any atom is -0.490 e. The zero-order valence-corrected chi connectivity index (χ0v) is 23.1. The molecule has 0 saturated heterocycles. The predicted octanol–water partition coefficient (Wildman–Crippen LogP) is 9.77. The van der Waals surface area contributed by atoms with Crippen molar-refractivity contribution in [3.05, 3.63) is 82.9 Å². The Kier molecular flexibility index (Phi) is 10.2. The number of hydrogen-bond acceptors (Lipinski definition) is 3. The fourth-order valence-corrected chi connectivity index (χ4v) is 5.21. The third kappa shape index (κ3) is 7.04. The molecule has 0 aromatic heterocycles. The van der Waals surface area contributed by atoms with E-state index in [0.29, 0.717) is 23.7 Å². The number of halogens is 4. The van der Waals surface area contributed by atoms with Gasteiger partial charge in [0.25, 0.3) is 0 Å². The van der Waals surface area contributed by atoms with Gasteiger partial charge in [-0.2, -0.15) is 8.78 Å². The Hall–Kier alpha value is -3.35. The maximum Gasteiger partial charge on any atom is 0.343 e. The molecule has 1 aliphatic rings. The lowest BCUT2D eigenvalue weighted by Crippen LogP contribution is -2.14. The van der Waals surface area contributed by atoms with Gasteiger partial charge in [0.05, 0.1) is 12.2 Å². The lowest BCUT2D eigenvalue weighted by Gasteiger charge is -2.27. The van der Waals surface area contributed by atoms with Crippen molar-refractivity contribution in [2.24, 2.45) is 5.92 Å². The first-order valence-electron chi connectivity index (χ1n) is 14.2. The van der Waals surface area contributed by atoms with Gasteiger partial charge in [0.15, 0.2) is 23.1 Å². The molecule has 214 valence electrons.